The summed E-state index contributed by atoms with van der Waals surface area (Å²) in [4.78, 5) is 0. The van der Waals surface area contributed by atoms with Crippen molar-refractivity contribution in [2.75, 3.05) is 25.6 Å². The summed E-state index contributed by atoms with van der Waals surface area (Å²) in [5.74, 6) is 0.541. The maximum Gasteiger partial charge on any atom is 0.103 e. The van der Waals surface area contributed by atoms with Gasteiger partial charge in [0.15, 0.2) is 0 Å². The number of nitrogens with one attached hydrogen (secondary N) is 2. The van der Waals surface area contributed by atoms with Crippen LogP contribution in [0.25, 0.3) is 0 Å². The fourth-order valence-electron chi connectivity index (χ4n) is 0.271. The lowest BCUT2D eigenvalue weighted by molar-refractivity contribution is 0.437. The van der Waals surface area contributed by atoms with Gasteiger partial charge in [0.1, 0.15) is 6.67 Å². The van der Waals surface area contributed by atoms with E-state index in [1.165, 1.54) is 0 Å². The Bertz CT molecular complexity index is 39.0. The van der Waals surface area contributed by atoms with Crippen LogP contribution in [0.4, 0.5) is 4.39 Å². The molecule has 0 aliphatic carbocycles. The lowest BCUT2D eigenvalue weighted by atomic mass is 10.7. The van der Waals surface area contributed by atoms with Gasteiger partial charge in [0.25, 0.3) is 0 Å². The molecule has 50 valence electrons. The molecule has 0 rings (SSSR count). The van der Waals surface area contributed by atoms with Crippen molar-refractivity contribution < 1.29 is 4.39 Å². The Hall–Kier alpha value is 0.140. The zero-order chi connectivity index (χ0) is 6.24. The molecule has 0 bridgehead atoms. The van der Waals surface area contributed by atoms with E-state index in [9.17, 15) is 4.39 Å². The number of hydrazine groups is 1. The normalized spacial score (nSPS) is 9.75. The molecule has 0 aliphatic heterocycles. The lowest BCUT2D eigenvalue weighted by Gasteiger charge is -1.99. The highest BCUT2D eigenvalue weighted by Crippen LogP contribution is 1.66. The van der Waals surface area contributed by atoms with E-state index in [0.717, 1.165) is 0 Å². The Morgan fingerprint density at radius 3 is 2.38 bits per heavy atom. The van der Waals surface area contributed by atoms with Gasteiger partial charge in [-0.25, -0.2) is 4.39 Å². The number of hydrogen-bond acceptors (Lipinski definition) is 2. The van der Waals surface area contributed by atoms with E-state index in [-0.39, 0.29) is 6.67 Å². The van der Waals surface area contributed by atoms with Gasteiger partial charge in [-0.3, -0.25) is 10.9 Å². The van der Waals surface area contributed by atoms with Crippen LogP contribution in [0.3, 0.4) is 0 Å². The summed E-state index contributed by atoms with van der Waals surface area (Å²) in [6.45, 7) is 0.660. The minimum atomic E-state index is -0.352. The highest BCUT2D eigenvalue weighted by atomic mass is 35.5. The van der Waals surface area contributed by atoms with Crippen LogP contribution in [0, 0.1) is 0 Å². The molecule has 4 heteroatoms. The van der Waals surface area contributed by atoms with Crippen LogP contribution in [0.1, 0.15) is 0 Å². The minimum Gasteiger partial charge on any atom is -0.257 e. The van der Waals surface area contributed by atoms with Gasteiger partial charge in [-0.2, -0.15) is 0 Å². The first-order valence-electron chi connectivity index (χ1n) is 2.49. The molecule has 8 heavy (non-hydrogen) atoms. The topological polar surface area (TPSA) is 24.1 Å². The van der Waals surface area contributed by atoms with Crippen molar-refractivity contribution in [3.8, 4) is 0 Å². The molecule has 0 atom stereocenters. The number of hydrogen-bond donors (Lipinski definition) is 2. The monoisotopic (exact) mass is 140 g/mol. The van der Waals surface area contributed by atoms with Crippen LogP contribution in [0.2, 0.25) is 0 Å². The zero-order valence-electron chi connectivity index (χ0n) is 4.58. The molecule has 0 amide bonds. The van der Waals surface area contributed by atoms with Gasteiger partial charge in [-0.05, 0) is 0 Å². The van der Waals surface area contributed by atoms with Crippen LogP contribution in [-0.4, -0.2) is 25.6 Å². The molecule has 0 radical (unpaired) electrons. The number of halogens is 2. The summed E-state index contributed by atoms with van der Waals surface area (Å²) in [5, 5.41) is 0. The van der Waals surface area contributed by atoms with E-state index in [1.54, 1.807) is 0 Å². The first-order chi connectivity index (χ1) is 3.91. The first-order valence-corrected chi connectivity index (χ1v) is 3.03. The van der Waals surface area contributed by atoms with Crippen molar-refractivity contribution >= 4 is 11.6 Å². The molecule has 0 heterocycles. The van der Waals surface area contributed by atoms with E-state index < -0.39 is 0 Å². The molecule has 0 unspecified atom stereocenters. The summed E-state index contributed by atoms with van der Waals surface area (Å²) in [6, 6.07) is 0. The Morgan fingerprint density at radius 2 is 1.88 bits per heavy atom. The predicted molar refractivity (Wildman–Crippen MR) is 32.7 cm³/mol. The van der Waals surface area contributed by atoms with Gasteiger partial charge in [0.2, 0.25) is 0 Å². The second-order valence-electron chi connectivity index (χ2n) is 1.23. The second-order valence-corrected chi connectivity index (χ2v) is 1.61. The van der Waals surface area contributed by atoms with Gasteiger partial charge in [-0.1, -0.05) is 0 Å². The molecule has 0 spiro atoms. The van der Waals surface area contributed by atoms with Crippen LogP contribution in [0.15, 0.2) is 0 Å². The van der Waals surface area contributed by atoms with Gasteiger partial charge in [0.05, 0.1) is 0 Å². The fourth-order valence-corrected chi connectivity index (χ4v) is 0.366. The highest BCUT2D eigenvalue weighted by Gasteiger charge is 1.80. The van der Waals surface area contributed by atoms with Crippen LogP contribution in [0.5, 0.6) is 0 Å². The summed E-state index contributed by atoms with van der Waals surface area (Å²) in [7, 11) is 0. The molecule has 0 aromatic carbocycles. The number of alkyl halides is 2. The second kappa shape index (κ2) is 7.14. The zero-order valence-corrected chi connectivity index (χ0v) is 5.34. The van der Waals surface area contributed by atoms with Crippen molar-refractivity contribution in [2.45, 2.75) is 0 Å². The van der Waals surface area contributed by atoms with Crippen molar-refractivity contribution in [3.63, 3.8) is 0 Å². The lowest BCUT2D eigenvalue weighted by Crippen LogP contribution is -2.34. The first kappa shape index (κ1) is 8.14. The summed E-state index contributed by atoms with van der Waals surface area (Å²) in [5.41, 5.74) is 5.34. The van der Waals surface area contributed by atoms with Gasteiger partial charge >= 0.3 is 0 Å². The molecule has 0 aliphatic rings. The Labute approximate surface area is 53.4 Å². The van der Waals surface area contributed by atoms with E-state index in [4.69, 9.17) is 11.6 Å². The van der Waals surface area contributed by atoms with Crippen molar-refractivity contribution in [1.82, 2.24) is 10.9 Å². The number of rotatable bonds is 5. The predicted octanol–water partition coefficient (Wildman–Crippen LogP) is 0.289. The van der Waals surface area contributed by atoms with Crippen LogP contribution < -0.4 is 10.9 Å². The van der Waals surface area contributed by atoms with E-state index in [2.05, 4.69) is 10.9 Å². The van der Waals surface area contributed by atoms with Crippen molar-refractivity contribution in [1.29, 1.82) is 0 Å². The third-order valence-electron chi connectivity index (χ3n) is 0.564. The standard InChI is InChI=1S/C4H10ClFN2/c5-1-3-7-8-4-2-6/h7-8H,1-4H2. The smallest absolute Gasteiger partial charge is 0.103 e. The molecular formula is C4H10ClFN2. The molecule has 0 saturated carbocycles. The Morgan fingerprint density at radius 1 is 1.25 bits per heavy atom. The molecule has 0 aromatic heterocycles. The fraction of sp³-hybridized carbons (Fsp3) is 1.00. The average Bonchev–Trinajstić information content (AvgIpc) is 1.81. The van der Waals surface area contributed by atoms with Crippen molar-refractivity contribution in [2.24, 2.45) is 0 Å². The quantitative estimate of drug-likeness (QED) is 0.326. The van der Waals surface area contributed by atoms with Crippen molar-refractivity contribution in [3.05, 3.63) is 0 Å². The van der Waals surface area contributed by atoms with E-state index in [1.807, 2.05) is 0 Å². The van der Waals surface area contributed by atoms with Gasteiger partial charge in [-0.15, -0.1) is 11.6 Å². The van der Waals surface area contributed by atoms with E-state index in [0.29, 0.717) is 19.0 Å². The molecule has 0 saturated heterocycles. The Kier molecular flexibility index (Phi) is 7.26. The molecule has 2 nitrogen and oxygen atoms in total. The molecule has 2 N–H and O–H groups in total. The maximum absolute atomic E-state index is 11.3. The molecule has 0 fully saturated rings. The summed E-state index contributed by atoms with van der Waals surface area (Å²) >= 11 is 5.28. The Balaban J connectivity index is 2.53. The summed E-state index contributed by atoms with van der Waals surface area (Å²) in [6.07, 6.45) is 0. The average molecular weight is 141 g/mol. The summed E-state index contributed by atoms with van der Waals surface area (Å²) < 4.78 is 11.3. The third kappa shape index (κ3) is 6.14. The third-order valence-corrected chi connectivity index (χ3v) is 0.753. The SMILES string of the molecule is FCCNNCCCl. The van der Waals surface area contributed by atoms with Crippen LogP contribution in [-0.2, 0) is 0 Å². The van der Waals surface area contributed by atoms with Gasteiger partial charge < -0.3 is 0 Å². The van der Waals surface area contributed by atoms with E-state index >= 15 is 0 Å². The minimum absolute atomic E-state index is 0.344. The molecule has 0 aromatic rings. The molecular weight excluding hydrogens is 131 g/mol. The van der Waals surface area contributed by atoms with Crippen LogP contribution >= 0.6 is 11.6 Å². The van der Waals surface area contributed by atoms with Gasteiger partial charge in [0, 0.05) is 19.0 Å². The largest absolute Gasteiger partial charge is 0.257 e. The maximum atomic E-state index is 11.3. The highest BCUT2D eigenvalue weighted by molar-refractivity contribution is 6.18.